The van der Waals surface area contributed by atoms with E-state index < -0.39 is 28.1 Å². The number of aryl methyl sites for hydroxylation is 1. The third kappa shape index (κ3) is 5.06. The van der Waals surface area contributed by atoms with Gasteiger partial charge in [-0.25, -0.2) is 13.2 Å². The largest absolute Gasteiger partial charge is 0.467 e. The molecule has 2 aromatic rings. The Hall–Kier alpha value is -2.29. The summed E-state index contributed by atoms with van der Waals surface area (Å²) in [7, 11) is -2.35. The topological polar surface area (TPSA) is 75.7 Å². The van der Waals surface area contributed by atoms with E-state index in [1.807, 2.05) is 37.3 Å². The lowest BCUT2D eigenvalue weighted by Gasteiger charge is -2.27. The molecule has 1 N–H and O–H groups in total. The van der Waals surface area contributed by atoms with Crippen molar-refractivity contribution in [2.75, 3.05) is 13.7 Å². The lowest BCUT2D eigenvalue weighted by molar-refractivity contribution is -0.142. The van der Waals surface area contributed by atoms with Crippen LogP contribution < -0.4 is 5.32 Å². The molecule has 2 atom stereocenters. The van der Waals surface area contributed by atoms with Crippen molar-refractivity contribution in [3.63, 3.8) is 0 Å². The van der Waals surface area contributed by atoms with Gasteiger partial charge in [-0.2, -0.15) is 4.31 Å². The molecule has 0 amide bonds. The van der Waals surface area contributed by atoms with Crippen LogP contribution in [0.3, 0.4) is 0 Å². The second-order valence-electron chi connectivity index (χ2n) is 7.36. The summed E-state index contributed by atoms with van der Waals surface area (Å²) in [4.78, 5) is 12.9. The molecule has 6 nitrogen and oxygen atoms in total. The molecule has 0 spiro atoms. The summed E-state index contributed by atoms with van der Waals surface area (Å²) < 4.78 is 32.7. The highest BCUT2D eigenvalue weighted by molar-refractivity contribution is 7.89. The number of hydrogen-bond donors (Lipinski definition) is 1. The van der Waals surface area contributed by atoms with Crippen molar-refractivity contribution in [3.8, 4) is 0 Å². The number of esters is 1. The Kier molecular flexibility index (Phi) is 7.23. The molecular formula is C22H26N2O4S2. The van der Waals surface area contributed by atoms with E-state index >= 15 is 0 Å². The van der Waals surface area contributed by atoms with Crippen LogP contribution in [0.5, 0.6) is 0 Å². The average Bonchev–Trinajstić information content (AvgIpc) is 3.25. The molecule has 1 aliphatic heterocycles. The number of sulfonamides is 1. The summed E-state index contributed by atoms with van der Waals surface area (Å²) in [5, 5.41) is 3.07. The third-order valence-corrected chi connectivity index (χ3v) is 7.53. The highest BCUT2D eigenvalue weighted by Gasteiger charge is 2.38. The molecule has 3 rings (SSSR count). The number of carbonyl (C=O) groups is 1. The van der Waals surface area contributed by atoms with Crippen LogP contribution in [0, 0.1) is 6.92 Å². The van der Waals surface area contributed by atoms with Gasteiger partial charge in [-0.3, -0.25) is 0 Å². The van der Waals surface area contributed by atoms with E-state index in [2.05, 4.69) is 5.32 Å². The number of hydrogen-bond acceptors (Lipinski definition) is 5. The molecule has 0 saturated carbocycles. The Bertz CT molecular complexity index is 992. The first-order valence-electron chi connectivity index (χ1n) is 9.83. The minimum atomic E-state index is -3.68. The Morgan fingerprint density at radius 2 is 1.87 bits per heavy atom. The SMILES string of the molecule is COC(=O)[C@H](Cc1ccccc1)NC(=S)C1CCCN1S(=O)(=O)c1ccc(C)cc1. The quantitative estimate of drug-likeness (QED) is 0.521. The molecule has 2 aromatic carbocycles. The number of benzene rings is 2. The zero-order valence-corrected chi connectivity index (χ0v) is 18.7. The van der Waals surface area contributed by atoms with E-state index in [-0.39, 0.29) is 4.90 Å². The molecule has 1 heterocycles. The normalized spacial score (nSPS) is 18.0. The minimum absolute atomic E-state index is 0.247. The van der Waals surface area contributed by atoms with E-state index in [1.165, 1.54) is 11.4 Å². The summed E-state index contributed by atoms with van der Waals surface area (Å²) in [5.74, 6) is -0.438. The minimum Gasteiger partial charge on any atom is -0.467 e. The average molecular weight is 447 g/mol. The van der Waals surface area contributed by atoms with Crippen molar-refractivity contribution in [2.45, 2.75) is 43.2 Å². The predicted octanol–water partition coefficient (Wildman–Crippen LogP) is 2.85. The van der Waals surface area contributed by atoms with Gasteiger partial charge >= 0.3 is 5.97 Å². The molecule has 0 bridgehead atoms. The first kappa shape index (κ1) is 22.4. The van der Waals surface area contributed by atoms with Gasteiger partial charge in [-0.05, 0) is 37.5 Å². The second-order valence-corrected chi connectivity index (χ2v) is 9.69. The fraction of sp³-hybridized carbons (Fsp3) is 0.364. The van der Waals surface area contributed by atoms with Crippen molar-refractivity contribution >= 4 is 33.2 Å². The molecule has 1 unspecified atom stereocenters. The number of thiocarbonyl (C=S) groups is 1. The van der Waals surface area contributed by atoms with Gasteiger partial charge in [0.25, 0.3) is 0 Å². The van der Waals surface area contributed by atoms with Gasteiger partial charge in [0.1, 0.15) is 6.04 Å². The highest BCUT2D eigenvalue weighted by Crippen LogP contribution is 2.27. The Morgan fingerprint density at radius 1 is 1.20 bits per heavy atom. The summed E-state index contributed by atoms with van der Waals surface area (Å²) in [5.41, 5.74) is 1.95. The fourth-order valence-electron chi connectivity index (χ4n) is 3.59. The van der Waals surface area contributed by atoms with E-state index in [1.54, 1.807) is 24.3 Å². The predicted molar refractivity (Wildman–Crippen MR) is 120 cm³/mol. The van der Waals surface area contributed by atoms with Crippen molar-refractivity contribution in [1.82, 2.24) is 9.62 Å². The van der Waals surface area contributed by atoms with Crippen LogP contribution in [-0.2, 0) is 26.0 Å². The molecule has 0 aliphatic carbocycles. The van der Waals surface area contributed by atoms with E-state index in [9.17, 15) is 13.2 Å². The molecule has 8 heteroatoms. The van der Waals surface area contributed by atoms with E-state index in [0.29, 0.717) is 30.8 Å². The van der Waals surface area contributed by atoms with Gasteiger partial charge in [0.15, 0.2) is 0 Å². The van der Waals surface area contributed by atoms with Crippen LogP contribution in [-0.4, -0.2) is 49.4 Å². The van der Waals surface area contributed by atoms with E-state index in [0.717, 1.165) is 11.1 Å². The molecular weight excluding hydrogens is 420 g/mol. The van der Waals surface area contributed by atoms with Crippen LogP contribution in [0.25, 0.3) is 0 Å². The molecule has 30 heavy (non-hydrogen) atoms. The monoisotopic (exact) mass is 446 g/mol. The zero-order chi connectivity index (χ0) is 21.7. The number of ether oxygens (including phenoxy) is 1. The second kappa shape index (κ2) is 9.68. The van der Waals surface area contributed by atoms with Crippen LogP contribution in [0.1, 0.15) is 24.0 Å². The summed E-state index contributed by atoms with van der Waals surface area (Å²) >= 11 is 5.57. The first-order valence-corrected chi connectivity index (χ1v) is 11.7. The Labute approximate surface area is 183 Å². The van der Waals surface area contributed by atoms with Crippen LogP contribution in [0.2, 0.25) is 0 Å². The maximum atomic E-state index is 13.2. The third-order valence-electron chi connectivity index (χ3n) is 5.22. The van der Waals surface area contributed by atoms with Gasteiger partial charge in [0.05, 0.1) is 23.0 Å². The van der Waals surface area contributed by atoms with Crippen LogP contribution in [0.15, 0.2) is 59.5 Å². The molecule has 1 fully saturated rings. The lowest BCUT2D eigenvalue weighted by atomic mass is 10.1. The molecule has 1 aliphatic rings. The smallest absolute Gasteiger partial charge is 0.328 e. The number of carbonyl (C=O) groups excluding carboxylic acids is 1. The molecule has 160 valence electrons. The first-order chi connectivity index (χ1) is 14.3. The van der Waals surface area contributed by atoms with Crippen LogP contribution in [0.4, 0.5) is 0 Å². The Morgan fingerprint density at radius 3 is 2.50 bits per heavy atom. The fourth-order valence-corrected chi connectivity index (χ4v) is 5.71. The standard InChI is InChI=1S/C22H26N2O4S2/c1-16-10-12-18(13-11-16)30(26,27)24-14-6-9-20(24)21(29)23-19(22(25)28-2)15-17-7-4-3-5-8-17/h3-5,7-8,10-13,19-20H,6,9,14-15H2,1-2H3,(H,23,29)/t19-,20?/m0/s1. The van der Waals surface area contributed by atoms with Crippen molar-refractivity contribution in [2.24, 2.45) is 0 Å². The van der Waals surface area contributed by atoms with Crippen molar-refractivity contribution < 1.29 is 17.9 Å². The maximum Gasteiger partial charge on any atom is 0.328 e. The van der Waals surface area contributed by atoms with Crippen molar-refractivity contribution in [1.29, 1.82) is 0 Å². The summed E-state index contributed by atoms with van der Waals surface area (Å²) in [6.45, 7) is 2.30. The number of nitrogens with zero attached hydrogens (tertiary/aromatic N) is 1. The van der Waals surface area contributed by atoms with Gasteiger partial charge in [0.2, 0.25) is 10.0 Å². The Balaban J connectivity index is 1.78. The van der Waals surface area contributed by atoms with Gasteiger partial charge in [0, 0.05) is 13.0 Å². The summed E-state index contributed by atoms with van der Waals surface area (Å²) in [6, 6.07) is 15.2. The highest BCUT2D eigenvalue weighted by atomic mass is 32.2. The molecule has 0 aromatic heterocycles. The van der Waals surface area contributed by atoms with Gasteiger partial charge in [-0.1, -0.05) is 60.2 Å². The zero-order valence-electron chi connectivity index (χ0n) is 17.1. The van der Waals surface area contributed by atoms with Gasteiger partial charge in [-0.15, -0.1) is 0 Å². The maximum absolute atomic E-state index is 13.2. The van der Waals surface area contributed by atoms with Crippen LogP contribution >= 0.6 is 12.2 Å². The summed E-state index contributed by atoms with van der Waals surface area (Å²) in [6.07, 6.45) is 1.71. The molecule has 1 saturated heterocycles. The van der Waals surface area contributed by atoms with E-state index in [4.69, 9.17) is 17.0 Å². The lowest BCUT2D eigenvalue weighted by Crippen LogP contribution is -2.50. The molecule has 0 radical (unpaired) electrons. The van der Waals surface area contributed by atoms with Crippen molar-refractivity contribution in [3.05, 3.63) is 65.7 Å². The van der Waals surface area contributed by atoms with Gasteiger partial charge < -0.3 is 10.1 Å². The number of methoxy groups -OCH3 is 1. The number of rotatable bonds is 7. The number of nitrogens with one attached hydrogen (secondary N) is 1.